The minimum absolute atomic E-state index is 0.132. The van der Waals surface area contributed by atoms with E-state index < -0.39 is 0 Å². The Kier molecular flexibility index (Phi) is 5.47. The van der Waals surface area contributed by atoms with Gasteiger partial charge in [-0.1, -0.05) is 13.5 Å². The van der Waals surface area contributed by atoms with Crippen molar-refractivity contribution in [2.75, 3.05) is 6.61 Å². The maximum Gasteiger partial charge on any atom is 0.330 e. The molecule has 0 aromatic rings. The third kappa shape index (κ3) is 5.61. The van der Waals surface area contributed by atoms with Crippen LogP contribution < -0.4 is 5.73 Å². The second kappa shape index (κ2) is 5.92. The molecule has 3 heteroatoms. The van der Waals surface area contributed by atoms with Crippen LogP contribution in [0.3, 0.4) is 0 Å². The molecular formula is C8H15NO2. The van der Waals surface area contributed by atoms with Gasteiger partial charge in [0.15, 0.2) is 0 Å². The van der Waals surface area contributed by atoms with E-state index in [0.717, 1.165) is 18.9 Å². The molecule has 64 valence electrons. The molecule has 0 spiro atoms. The number of carbonyl (C=O) groups is 1. The second-order valence-corrected chi connectivity index (χ2v) is 2.33. The summed E-state index contributed by atoms with van der Waals surface area (Å²) in [6, 6.07) is 0.132. The fraction of sp³-hybridized carbons (Fsp3) is 0.625. The zero-order valence-electron chi connectivity index (χ0n) is 6.88. The van der Waals surface area contributed by atoms with Gasteiger partial charge in [0.1, 0.15) is 0 Å². The van der Waals surface area contributed by atoms with Crippen LogP contribution in [0.2, 0.25) is 0 Å². The summed E-state index contributed by atoms with van der Waals surface area (Å²) in [4.78, 5) is 10.5. The first-order chi connectivity index (χ1) is 5.20. The van der Waals surface area contributed by atoms with Crippen LogP contribution in [0, 0.1) is 0 Å². The van der Waals surface area contributed by atoms with Crippen LogP contribution in [0.4, 0.5) is 0 Å². The van der Waals surface area contributed by atoms with Gasteiger partial charge in [0, 0.05) is 12.1 Å². The summed E-state index contributed by atoms with van der Waals surface area (Å²) in [5, 5.41) is 0. The molecule has 2 N–H and O–H groups in total. The molecular weight excluding hydrogens is 142 g/mol. The summed E-state index contributed by atoms with van der Waals surface area (Å²) in [5.74, 6) is -0.381. The van der Waals surface area contributed by atoms with Crippen molar-refractivity contribution < 1.29 is 9.53 Å². The largest absolute Gasteiger partial charge is 0.462 e. The zero-order chi connectivity index (χ0) is 8.69. The van der Waals surface area contributed by atoms with E-state index in [2.05, 4.69) is 6.58 Å². The topological polar surface area (TPSA) is 52.3 Å². The molecule has 0 rings (SSSR count). The standard InChI is InChI=1S/C8H15NO2/c1-3-7(9)5-6-11-8(10)4-2/h4,7H,2-3,5-6,9H2,1H3. The minimum Gasteiger partial charge on any atom is -0.462 e. The number of hydrogen-bond donors (Lipinski definition) is 1. The second-order valence-electron chi connectivity index (χ2n) is 2.33. The van der Waals surface area contributed by atoms with E-state index in [9.17, 15) is 4.79 Å². The van der Waals surface area contributed by atoms with Gasteiger partial charge < -0.3 is 10.5 Å². The van der Waals surface area contributed by atoms with Gasteiger partial charge in [-0.25, -0.2) is 4.79 Å². The summed E-state index contributed by atoms with van der Waals surface area (Å²) in [5.41, 5.74) is 5.58. The predicted octanol–water partition coefficient (Wildman–Crippen LogP) is 0.843. The molecule has 0 saturated carbocycles. The molecule has 11 heavy (non-hydrogen) atoms. The molecule has 0 aromatic carbocycles. The summed E-state index contributed by atoms with van der Waals surface area (Å²) in [6.45, 7) is 5.66. The van der Waals surface area contributed by atoms with Crippen molar-refractivity contribution in [2.45, 2.75) is 25.8 Å². The molecule has 0 aromatic heterocycles. The van der Waals surface area contributed by atoms with Crippen molar-refractivity contribution in [3.05, 3.63) is 12.7 Å². The molecule has 0 aliphatic heterocycles. The van der Waals surface area contributed by atoms with Crippen LogP contribution in [-0.4, -0.2) is 18.6 Å². The predicted molar refractivity (Wildman–Crippen MR) is 44.0 cm³/mol. The first kappa shape index (κ1) is 10.2. The Balaban J connectivity index is 3.26. The van der Waals surface area contributed by atoms with Crippen LogP contribution in [0.1, 0.15) is 19.8 Å². The Morgan fingerprint density at radius 3 is 2.91 bits per heavy atom. The molecule has 0 aliphatic carbocycles. The van der Waals surface area contributed by atoms with E-state index in [1.165, 1.54) is 0 Å². The summed E-state index contributed by atoms with van der Waals surface area (Å²) in [6.07, 6.45) is 2.78. The van der Waals surface area contributed by atoms with Gasteiger partial charge in [0.05, 0.1) is 6.61 Å². The number of rotatable bonds is 5. The lowest BCUT2D eigenvalue weighted by Gasteiger charge is -2.07. The monoisotopic (exact) mass is 157 g/mol. The Morgan fingerprint density at radius 1 is 1.82 bits per heavy atom. The fourth-order valence-electron chi connectivity index (χ4n) is 0.574. The highest BCUT2D eigenvalue weighted by molar-refractivity contribution is 5.81. The first-order valence-corrected chi connectivity index (χ1v) is 3.75. The molecule has 0 fully saturated rings. The van der Waals surface area contributed by atoms with Crippen molar-refractivity contribution in [1.29, 1.82) is 0 Å². The maximum absolute atomic E-state index is 10.5. The maximum atomic E-state index is 10.5. The number of ether oxygens (including phenoxy) is 1. The van der Waals surface area contributed by atoms with Crippen LogP contribution in [-0.2, 0) is 9.53 Å². The molecule has 0 heterocycles. The molecule has 0 saturated heterocycles. The number of esters is 1. The SMILES string of the molecule is C=CC(=O)OCCC(N)CC. The van der Waals surface area contributed by atoms with Crippen LogP contribution >= 0.6 is 0 Å². The smallest absolute Gasteiger partial charge is 0.330 e. The van der Waals surface area contributed by atoms with Gasteiger partial charge in [0.25, 0.3) is 0 Å². The summed E-state index contributed by atoms with van der Waals surface area (Å²) < 4.78 is 4.73. The van der Waals surface area contributed by atoms with Crippen molar-refractivity contribution in [3.63, 3.8) is 0 Å². The molecule has 0 radical (unpaired) electrons. The normalized spacial score (nSPS) is 12.2. The molecule has 0 bridgehead atoms. The van der Waals surface area contributed by atoms with Gasteiger partial charge in [-0.3, -0.25) is 0 Å². The Bertz CT molecular complexity index is 134. The highest BCUT2D eigenvalue weighted by Crippen LogP contribution is 1.93. The number of nitrogens with two attached hydrogens (primary N) is 1. The molecule has 0 aliphatic rings. The van der Waals surface area contributed by atoms with E-state index in [-0.39, 0.29) is 12.0 Å². The quantitative estimate of drug-likeness (QED) is 0.475. The van der Waals surface area contributed by atoms with Crippen LogP contribution in [0.25, 0.3) is 0 Å². The van der Waals surface area contributed by atoms with E-state index in [1.807, 2.05) is 6.92 Å². The van der Waals surface area contributed by atoms with E-state index in [4.69, 9.17) is 10.5 Å². The number of hydrogen-bond acceptors (Lipinski definition) is 3. The minimum atomic E-state index is -0.381. The molecule has 0 amide bonds. The molecule has 1 atom stereocenters. The van der Waals surface area contributed by atoms with Crippen molar-refractivity contribution in [2.24, 2.45) is 5.73 Å². The van der Waals surface area contributed by atoms with Crippen molar-refractivity contribution in [1.82, 2.24) is 0 Å². The van der Waals surface area contributed by atoms with Crippen LogP contribution in [0.5, 0.6) is 0 Å². The highest BCUT2D eigenvalue weighted by Gasteiger charge is 2.00. The fourth-order valence-corrected chi connectivity index (χ4v) is 0.574. The number of carbonyl (C=O) groups excluding carboxylic acids is 1. The Labute approximate surface area is 67.2 Å². The first-order valence-electron chi connectivity index (χ1n) is 3.75. The molecule has 3 nitrogen and oxygen atoms in total. The average molecular weight is 157 g/mol. The molecule has 1 unspecified atom stereocenters. The van der Waals surface area contributed by atoms with Gasteiger partial charge >= 0.3 is 5.97 Å². The lowest BCUT2D eigenvalue weighted by atomic mass is 10.2. The third-order valence-corrected chi connectivity index (χ3v) is 1.42. The van der Waals surface area contributed by atoms with E-state index in [1.54, 1.807) is 0 Å². The van der Waals surface area contributed by atoms with Gasteiger partial charge in [-0.2, -0.15) is 0 Å². The van der Waals surface area contributed by atoms with Crippen molar-refractivity contribution in [3.8, 4) is 0 Å². The third-order valence-electron chi connectivity index (χ3n) is 1.42. The summed E-state index contributed by atoms with van der Waals surface area (Å²) in [7, 11) is 0. The Morgan fingerprint density at radius 2 is 2.45 bits per heavy atom. The lowest BCUT2D eigenvalue weighted by Crippen LogP contribution is -2.21. The highest BCUT2D eigenvalue weighted by atomic mass is 16.5. The summed E-state index contributed by atoms with van der Waals surface area (Å²) >= 11 is 0. The Hall–Kier alpha value is -0.830. The van der Waals surface area contributed by atoms with Gasteiger partial charge in [-0.15, -0.1) is 0 Å². The van der Waals surface area contributed by atoms with Gasteiger partial charge in [-0.05, 0) is 12.8 Å². The average Bonchev–Trinajstić information content (AvgIpc) is 2.04. The van der Waals surface area contributed by atoms with Crippen LogP contribution in [0.15, 0.2) is 12.7 Å². The van der Waals surface area contributed by atoms with Crippen molar-refractivity contribution >= 4 is 5.97 Å². The van der Waals surface area contributed by atoms with E-state index in [0.29, 0.717) is 6.61 Å². The lowest BCUT2D eigenvalue weighted by molar-refractivity contribution is -0.137. The van der Waals surface area contributed by atoms with E-state index >= 15 is 0 Å². The zero-order valence-corrected chi connectivity index (χ0v) is 6.88. The van der Waals surface area contributed by atoms with Gasteiger partial charge in [0.2, 0.25) is 0 Å².